The van der Waals surface area contributed by atoms with Crippen molar-refractivity contribution in [2.45, 2.75) is 25.9 Å². The number of carbonyl (C=O) groups is 1. The van der Waals surface area contributed by atoms with E-state index >= 15 is 0 Å². The monoisotopic (exact) mass is 342 g/mol. The molecule has 20 heavy (non-hydrogen) atoms. The van der Waals surface area contributed by atoms with Crippen LogP contribution in [0.2, 0.25) is 0 Å². The third-order valence-electron chi connectivity index (χ3n) is 3.70. The molecule has 2 atom stereocenters. The molecule has 1 aliphatic heterocycles. The lowest BCUT2D eigenvalue weighted by atomic mass is 9.90. The zero-order valence-electron chi connectivity index (χ0n) is 11.9. The highest BCUT2D eigenvalue weighted by atomic mass is 79.9. The Hall–Kier alpha value is -1.07. The Morgan fingerprint density at radius 3 is 2.75 bits per heavy atom. The maximum atomic E-state index is 12.7. The van der Waals surface area contributed by atoms with Gasteiger partial charge in [-0.2, -0.15) is 0 Å². The molecule has 1 heterocycles. The van der Waals surface area contributed by atoms with Gasteiger partial charge in [0.1, 0.15) is 16.0 Å². The molecule has 4 nitrogen and oxygen atoms in total. The van der Waals surface area contributed by atoms with Crippen molar-refractivity contribution in [1.82, 2.24) is 0 Å². The van der Waals surface area contributed by atoms with E-state index in [1.807, 2.05) is 6.92 Å². The van der Waals surface area contributed by atoms with Crippen LogP contribution in [0.3, 0.4) is 0 Å². The molecule has 5 heteroatoms. The van der Waals surface area contributed by atoms with Crippen molar-refractivity contribution >= 4 is 21.7 Å². The highest BCUT2D eigenvalue weighted by Crippen LogP contribution is 2.39. The molecule has 0 spiro atoms. The maximum Gasteiger partial charge on any atom is 0.172 e. The van der Waals surface area contributed by atoms with Crippen LogP contribution in [-0.4, -0.2) is 32.7 Å². The number of hydrogen-bond acceptors (Lipinski definition) is 4. The van der Waals surface area contributed by atoms with E-state index in [1.165, 1.54) is 0 Å². The van der Waals surface area contributed by atoms with Crippen molar-refractivity contribution in [2.24, 2.45) is 5.92 Å². The predicted molar refractivity (Wildman–Crippen MR) is 79.7 cm³/mol. The summed E-state index contributed by atoms with van der Waals surface area (Å²) in [5.41, 5.74) is 0.578. The number of Topliss-reactive ketones (excluding diaryl/α,β-unsaturated/α-hetero) is 1. The Morgan fingerprint density at radius 1 is 1.40 bits per heavy atom. The molecule has 1 saturated heterocycles. The van der Waals surface area contributed by atoms with Crippen molar-refractivity contribution in [3.63, 3.8) is 0 Å². The topological polar surface area (TPSA) is 44.8 Å². The summed E-state index contributed by atoms with van der Waals surface area (Å²) in [6, 6.07) is 3.53. The standard InChI is InChI=1S/C15H19BrO4/c1-4-11-9(7-8-20-11)14(17)10-5-6-12(18-2)13(16)15(10)19-3/h5-6,9,11H,4,7-8H2,1-3H3. The fraction of sp³-hybridized carbons (Fsp3) is 0.533. The quantitative estimate of drug-likeness (QED) is 0.768. The Bertz CT molecular complexity index is 501. The molecular formula is C15H19BrO4. The van der Waals surface area contributed by atoms with Gasteiger partial charge in [0.25, 0.3) is 0 Å². The summed E-state index contributed by atoms with van der Waals surface area (Å²) in [5, 5.41) is 0. The molecule has 0 saturated carbocycles. The first kappa shape index (κ1) is 15.3. The smallest absolute Gasteiger partial charge is 0.172 e. The lowest BCUT2D eigenvalue weighted by Gasteiger charge is -2.18. The predicted octanol–water partition coefficient (Wildman–Crippen LogP) is 3.46. The molecule has 2 rings (SSSR count). The van der Waals surface area contributed by atoms with E-state index in [0.717, 1.165) is 12.8 Å². The fourth-order valence-corrected chi connectivity index (χ4v) is 3.31. The Labute approximate surface area is 127 Å². The van der Waals surface area contributed by atoms with E-state index < -0.39 is 0 Å². The number of rotatable bonds is 5. The molecule has 2 unspecified atom stereocenters. The molecule has 0 bridgehead atoms. The molecule has 1 aromatic rings. The molecule has 1 aliphatic rings. The number of carbonyl (C=O) groups excluding carboxylic acids is 1. The van der Waals surface area contributed by atoms with Crippen molar-refractivity contribution in [1.29, 1.82) is 0 Å². The van der Waals surface area contributed by atoms with Crippen LogP contribution in [0, 0.1) is 5.92 Å². The second-order valence-corrected chi connectivity index (χ2v) is 5.53. The second kappa shape index (κ2) is 6.59. The maximum absolute atomic E-state index is 12.7. The highest BCUT2D eigenvalue weighted by molar-refractivity contribution is 9.10. The summed E-state index contributed by atoms with van der Waals surface area (Å²) in [6.45, 7) is 2.69. The van der Waals surface area contributed by atoms with Crippen LogP contribution in [0.15, 0.2) is 16.6 Å². The van der Waals surface area contributed by atoms with Crippen molar-refractivity contribution < 1.29 is 19.0 Å². The zero-order chi connectivity index (χ0) is 14.7. The number of ketones is 1. The van der Waals surface area contributed by atoms with Crippen LogP contribution in [0.25, 0.3) is 0 Å². The number of benzene rings is 1. The van der Waals surface area contributed by atoms with Crippen molar-refractivity contribution in [3.8, 4) is 11.5 Å². The van der Waals surface area contributed by atoms with E-state index in [1.54, 1.807) is 26.4 Å². The molecule has 0 N–H and O–H groups in total. The van der Waals surface area contributed by atoms with Crippen LogP contribution >= 0.6 is 15.9 Å². The first-order chi connectivity index (χ1) is 9.63. The van der Waals surface area contributed by atoms with E-state index in [0.29, 0.717) is 28.1 Å². The largest absolute Gasteiger partial charge is 0.495 e. The van der Waals surface area contributed by atoms with Crippen LogP contribution in [0.5, 0.6) is 11.5 Å². The average Bonchev–Trinajstić information content (AvgIpc) is 2.94. The molecule has 0 aromatic heterocycles. The fourth-order valence-electron chi connectivity index (χ4n) is 2.64. The lowest BCUT2D eigenvalue weighted by Crippen LogP contribution is -2.24. The van der Waals surface area contributed by atoms with E-state index in [-0.39, 0.29) is 17.8 Å². The van der Waals surface area contributed by atoms with E-state index in [4.69, 9.17) is 14.2 Å². The summed E-state index contributed by atoms with van der Waals surface area (Å²) in [4.78, 5) is 12.7. The number of hydrogen-bond donors (Lipinski definition) is 0. The van der Waals surface area contributed by atoms with Crippen LogP contribution in [0.4, 0.5) is 0 Å². The summed E-state index contributed by atoms with van der Waals surface area (Å²) in [5.74, 6) is 1.16. The zero-order valence-corrected chi connectivity index (χ0v) is 13.5. The summed E-state index contributed by atoms with van der Waals surface area (Å²) >= 11 is 3.43. The third-order valence-corrected chi connectivity index (χ3v) is 4.45. The van der Waals surface area contributed by atoms with Gasteiger partial charge in [-0.15, -0.1) is 0 Å². The lowest BCUT2D eigenvalue weighted by molar-refractivity contribution is 0.0687. The molecule has 1 fully saturated rings. The first-order valence-electron chi connectivity index (χ1n) is 6.70. The van der Waals surface area contributed by atoms with Gasteiger partial charge in [-0.25, -0.2) is 0 Å². The summed E-state index contributed by atoms with van der Waals surface area (Å²) in [7, 11) is 3.14. The average molecular weight is 343 g/mol. The number of ether oxygens (including phenoxy) is 3. The Balaban J connectivity index is 2.37. The SMILES string of the molecule is CCC1OCCC1C(=O)c1ccc(OC)c(Br)c1OC. The van der Waals surface area contributed by atoms with Crippen LogP contribution in [-0.2, 0) is 4.74 Å². The molecule has 110 valence electrons. The minimum absolute atomic E-state index is 0.00748. The van der Waals surface area contributed by atoms with Crippen molar-refractivity contribution in [2.75, 3.05) is 20.8 Å². The number of methoxy groups -OCH3 is 2. The molecule has 0 amide bonds. The van der Waals surface area contributed by atoms with Crippen LogP contribution < -0.4 is 9.47 Å². The Morgan fingerprint density at radius 2 is 2.15 bits per heavy atom. The summed E-state index contributed by atoms with van der Waals surface area (Å²) in [6.07, 6.45) is 1.62. The van der Waals surface area contributed by atoms with Gasteiger partial charge in [0.15, 0.2) is 5.78 Å². The molecule has 1 aromatic carbocycles. The molecule has 0 radical (unpaired) electrons. The van der Waals surface area contributed by atoms with Gasteiger partial charge >= 0.3 is 0 Å². The molecule has 0 aliphatic carbocycles. The normalized spacial score (nSPS) is 21.8. The number of halogens is 1. The van der Waals surface area contributed by atoms with Crippen LogP contribution in [0.1, 0.15) is 30.1 Å². The minimum Gasteiger partial charge on any atom is -0.495 e. The first-order valence-corrected chi connectivity index (χ1v) is 7.49. The minimum atomic E-state index is -0.0887. The highest BCUT2D eigenvalue weighted by Gasteiger charge is 2.35. The Kier molecular flexibility index (Phi) is 5.05. The third kappa shape index (κ3) is 2.69. The van der Waals surface area contributed by atoms with E-state index in [9.17, 15) is 4.79 Å². The van der Waals surface area contributed by atoms with E-state index in [2.05, 4.69) is 15.9 Å². The van der Waals surface area contributed by atoms with Gasteiger partial charge in [-0.3, -0.25) is 4.79 Å². The van der Waals surface area contributed by atoms with Gasteiger partial charge < -0.3 is 14.2 Å². The second-order valence-electron chi connectivity index (χ2n) is 4.74. The van der Waals surface area contributed by atoms with Gasteiger partial charge in [0.2, 0.25) is 0 Å². The van der Waals surface area contributed by atoms with Gasteiger partial charge in [-0.05, 0) is 40.9 Å². The van der Waals surface area contributed by atoms with Gasteiger partial charge in [0, 0.05) is 6.61 Å². The molecular weight excluding hydrogens is 324 g/mol. The van der Waals surface area contributed by atoms with Gasteiger partial charge in [0.05, 0.1) is 31.8 Å². The summed E-state index contributed by atoms with van der Waals surface area (Å²) < 4.78 is 16.9. The van der Waals surface area contributed by atoms with Gasteiger partial charge in [-0.1, -0.05) is 6.92 Å². The van der Waals surface area contributed by atoms with Crippen molar-refractivity contribution in [3.05, 3.63) is 22.2 Å².